The van der Waals surface area contributed by atoms with Gasteiger partial charge in [0.05, 0.1) is 10.6 Å². The van der Waals surface area contributed by atoms with Gasteiger partial charge in [0.1, 0.15) is 17.4 Å². The van der Waals surface area contributed by atoms with Gasteiger partial charge in [0.25, 0.3) is 0 Å². The van der Waals surface area contributed by atoms with E-state index in [0.717, 1.165) is 22.2 Å². The number of rotatable bonds is 4. The number of hydrogen-bond donors (Lipinski definition) is 0. The Labute approximate surface area is 133 Å². The summed E-state index contributed by atoms with van der Waals surface area (Å²) in [6.45, 7) is 1.39. The van der Waals surface area contributed by atoms with Gasteiger partial charge >= 0.3 is 0 Å². The molecule has 0 aliphatic carbocycles. The van der Waals surface area contributed by atoms with Crippen molar-refractivity contribution >= 4 is 33.3 Å². The molecule has 2 aromatic rings. The van der Waals surface area contributed by atoms with Crippen LogP contribution in [-0.2, 0) is 0 Å². The number of hydrogen-bond acceptors (Lipinski definition) is 2. The summed E-state index contributed by atoms with van der Waals surface area (Å²) in [7, 11) is 0. The third kappa shape index (κ3) is 3.80. The van der Waals surface area contributed by atoms with Crippen LogP contribution in [0.15, 0.2) is 34.8 Å². The Morgan fingerprint density at radius 1 is 1.29 bits per heavy atom. The first-order valence-corrected chi connectivity index (χ1v) is 7.12. The van der Waals surface area contributed by atoms with E-state index >= 15 is 0 Å². The highest BCUT2D eigenvalue weighted by Crippen LogP contribution is 2.32. The average Bonchev–Trinajstić information content (AvgIpc) is 2.36. The van der Waals surface area contributed by atoms with Crippen molar-refractivity contribution in [2.75, 3.05) is 6.61 Å². The van der Waals surface area contributed by atoms with Crippen LogP contribution in [0.4, 0.5) is 8.78 Å². The smallest absolute Gasteiger partial charge is 0.203 e. The zero-order valence-electron chi connectivity index (χ0n) is 10.9. The lowest BCUT2D eigenvalue weighted by atomic mass is 10.1. The van der Waals surface area contributed by atoms with E-state index < -0.39 is 17.4 Å². The van der Waals surface area contributed by atoms with Gasteiger partial charge in [-0.1, -0.05) is 27.5 Å². The van der Waals surface area contributed by atoms with Crippen molar-refractivity contribution in [3.05, 3.63) is 62.6 Å². The van der Waals surface area contributed by atoms with Crippen LogP contribution in [-0.4, -0.2) is 12.4 Å². The Balaban J connectivity index is 2.15. The Bertz CT molecular complexity index is 681. The molecule has 0 amide bonds. The lowest BCUT2D eigenvalue weighted by Crippen LogP contribution is -2.14. The summed E-state index contributed by atoms with van der Waals surface area (Å²) in [6.07, 6.45) is 0. The van der Waals surface area contributed by atoms with Crippen LogP contribution in [0.5, 0.6) is 5.75 Å². The zero-order valence-corrected chi connectivity index (χ0v) is 13.3. The lowest BCUT2D eigenvalue weighted by molar-refractivity contribution is 0.0917. The number of halogens is 4. The second-order valence-corrected chi connectivity index (χ2v) is 5.69. The maximum Gasteiger partial charge on any atom is 0.203 e. The van der Waals surface area contributed by atoms with E-state index in [1.54, 1.807) is 19.1 Å². The molecule has 0 aromatic heterocycles. The molecule has 0 saturated carbocycles. The van der Waals surface area contributed by atoms with Gasteiger partial charge in [0.15, 0.2) is 6.61 Å². The third-order valence-electron chi connectivity index (χ3n) is 2.77. The van der Waals surface area contributed by atoms with Crippen LogP contribution >= 0.6 is 27.5 Å². The van der Waals surface area contributed by atoms with E-state index in [4.69, 9.17) is 16.3 Å². The van der Waals surface area contributed by atoms with Gasteiger partial charge in [-0.3, -0.25) is 4.79 Å². The van der Waals surface area contributed by atoms with Gasteiger partial charge in [0, 0.05) is 10.5 Å². The molecule has 0 radical (unpaired) electrons. The molecule has 0 atom stereocenters. The maximum absolute atomic E-state index is 13.5. The molecule has 0 heterocycles. The molecule has 0 saturated heterocycles. The molecule has 0 bridgehead atoms. The maximum atomic E-state index is 13.5. The average molecular weight is 376 g/mol. The van der Waals surface area contributed by atoms with E-state index in [-0.39, 0.29) is 12.2 Å². The second kappa shape index (κ2) is 6.54. The van der Waals surface area contributed by atoms with Crippen molar-refractivity contribution in [3.8, 4) is 5.75 Å². The molecule has 0 unspecified atom stereocenters. The monoisotopic (exact) mass is 374 g/mol. The molecule has 0 spiro atoms. The zero-order chi connectivity index (χ0) is 15.6. The minimum Gasteiger partial charge on any atom is -0.484 e. The number of ether oxygens (including phenoxy) is 1. The standard InChI is InChI=1S/C15H10BrClF2O2/c1-8-4-9(16)5-12(17)15(8)21-7-14(20)11-3-2-10(18)6-13(11)19/h2-6H,7H2,1H3. The number of carbonyl (C=O) groups is 1. The molecule has 110 valence electrons. The van der Waals surface area contributed by atoms with E-state index in [0.29, 0.717) is 16.8 Å². The topological polar surface area (TPSA) is 26.3 Å². The van der Waals surface area contributed by atoms with Gasteiger partial charge in [0.2, 0.25) is 5.78 Å². The van der Waals surface area contributed by atoms with Crippen molar-refractivity contribution < 1.29 is 18.3 Å². The summed E-state index contributed by atoms with van der Waals surface area (Å²) < 4.78 is 32.4. The lowest BCUT2D eigenvalue weighted by Gasteiger charge is -2.11. The Kier molecular flexibility index (Phi) is 4.96. The summed E-state index contributed by atoms with van der Waals surface area (Å²) in [4.78, 5) is 11.9. The van der Waals surface area contributed by atoms with Crippen molar-refractivity contribution in [3.63, 3.8) is 0 Å². The summed E-state index contributed by atoms with van der Waals surface area (Å²) >= 11 is 9.31. The fourth-order valence-corrected chi connectivity index (χ4v) is 2.83. The van der Waals surface area contributed by atoms with Crippen molar-refractivity contribution in [1.29, 1.82) is 0 Å². The van der Waals surface area contributed by atoms with E-state index in [1.807, 2.05) is 0 Å². The van der Waals surface area contributed by atoms with Crippen LogP contribution in [0.25, 0.3) is 0 Å². The predicted octanol–water partition coefficient (Wildman–Crippen LogP) is 4.95. The number of carbonyl (C=O) groups excluding carboxylic acids is 1. The quantitative estimate of drug-likeness (QED) is 0.707. The normalized spacial score (nSPS) is 10.5. The molecule has 2 aromatic carbocycles. The van der Waals surface area contributed by atoms with Gasteiger partial charge in [-0.05, 0) is 36.8 Å². The van der Waals surface area contributed by atoms with Crippen molar-refractivity contribution in [1.82, 2.24) is 0 Å². The summed E-state index contributed by atoms with van der Waals surface area (Å²) in [6, 6.07) is 6.18. The first-order valence-electron chi connectivity index (χ1n) is 5.95. The molecular formula is C15H10BrClF2O2. The second-order valence-electron chi connectivity index (χ2n) is 4.37. The fraction of sp³-hybridized carbons (Fsp3) is 0.133. The molecule has 2 nitrogen and oxygen atoms in total. The SMILES string of the molecule is Cc1cc(Br)cc(Cl)c1OCC(=O)c1ccc(F)cc1F. The molecule has 6 heteroatoms. The molecule has 0 aliphatic rings. The van der Waals surface area contributed by atoms with Crippen LogP contribution in [0.1, 0.15) is 15.9 Å². The fourth-order valence-electron chi connectivity index (χ4n) is 1.80. The minimum atomic E-state index is -0.915. The molecule has 0 aliphatic heterocycles. The van der Waals surface area contributed by atoms with Crippen molar-refractivity contribution in [2.24, 2.45) is 0 Å². The van der Waals surface area contributed by atoms with Crippen LogP contribution in [0.2, 0.25) is 5.02 Å². The summed E-state index contributed by atoms with van der Waals surface area (Å²) in [5, 5.41) is 0.342. The first kappa shape index (κ1) is 15.9. The number of aryl methyl sites for hydroxylation is 1. The van der Waals surface area contributed by atoms with E-state index in [1.165, 1.54) is 0 Å². The highest BCUT2D eigenvalue weighted by molar-refractivity contribution is 9.10. The van der Waals surface area contributed by atoms with Gasteiger partial charge in [-0.2, -0.15) is 0 Å². The van der Waals surface area contributed by atoms with Gasteiger partial charge < -0.3 is 4.74 Å². The summed E-state index contributed by atoms with van der Waals surface area (Å²) in [5.74, 6) is -1.89. The summed E-state index contributed by atoms with van der Waals surface area (Å²) in [5.41, 5.74) is 0.518. The molecule has 0 fully saturated rings. The van der Waals surface area contributed by atoms with Gasteiger partial charge in [-0.15, -0.1) is 0 Å². The van der Waals surface area contributed by atoms with Crippen LogP contribution in [0, 0.1) is 18.6 Å². The van der Waals surface area contributed by atoms with Gasteiger partial charge in [-0.25, -0.2) is 8.78 Å². The minimum absolute atomic E-state index is 0.220. The van der Waals surface area contributed by atoms with Crippen molar-refractivity contribution in [2.45, 2.75) is 6.92 Å². The Hall–Kier alpha value is -1.46. The highest BCUT2D eigenvalue weighted by Gasteiger charge is 2.15. The molecule has 21 heavy (non-hydrogen) atoms. The van der Waals surface area contributed by atoms with E-state index in [9.17, 15) is 13.6 Å². The molecule has 2 rings (SSSR count). The molecule has 0 N–H and O–H groups in total. The highest BCUT2D eigenvalue weighted by atomic mass is 79.9. The number of ketones is 1. The van der Waals surface area contributed by atoms with Crippen LogP contribution < -0.4 is 4.74 Å². The first-order chi connectivity index (χ1) is 9.88. The number of Topliss-reactive ketones (excluding diaryl/α,β-unsaturated/α-hetero) is 1. The third-order valence-corrected chi connectivity index (χ3v) is 3.51. The van der Waals surface area contributed by atoms with Crippen LogP contribution in [0.3, 0.4) is 0 Å². The Morgan fingerprint density at radius 2 is 2.00 bits per heavy atom. The largest absolute Gasteiger partial charge is 0.484 e. The predicted molar refractivity (Wildman–Crippen MR) is 80.1 cm³/mol. The van der Waals surface area contributed by atoms with E-state index in [2.05, 4.69) is 15.9 Å². The molecular weight excluding hydrogens is 366 g/mol. The number of benzene rings is 2. The Morgan fingerprint density at radius 3 is 2.62 bits per heavy atom.